The smallest absolute Gasteiger partial charge is 0.243 e. The maximum absolute atomic E-state index is 12.8. The van der Waals surface area contributed by atoms with Gasteiger partial charge in [-0.2, -0.15) is 4.31 Å². The van der Waals surface area contributed by atoms with Crippen molar-refractivity contribution in [2.45, 2.75) is 50.5 Å². The number of hydrogen-bond donors (Lipinski definition) is 1. The van der Waals surface area contributed by atoms with Crippen molar-refractivity contribution in [3.63, 3.8) is 0 Å². The molecule has 1 saturated heterocycles. The molecule has 8 heteroatoms. The van der Waals surface area contributed by atoms with Crippen LogP contribution in [0, 0.1) is 0 Å². The van der Waals surface area contributed by atoms with Gasteiger partial charge in [-0.1, -0.05) is 6.92 Å². The fraction of sp³-hybridized carbons (Fsp3) is 0.556. The second kappa shape index (κ2) is 7.36. The van der Waals surface area contributed by atoms with Crippen molar-refractivity contribution in [3.05, 3.63) is 23.8 Å². The third-order valence-electron chi connectivity index (χ3n) is 4.93. The standard InChI is InChI=1S/C18H25N3O4S/c1-3-8-19-18(23)17-12-14-11-15(6-7-16(14)21(17)13(2)22)26(24,25)20-9-4-5-10-20/h6-7,11,17H,3-5,8-10,12H2,1-2H3,(H,19,23)/t17-/m1/s1. The molecule has 2 aliphatic heterocycles. The van der Waals surface area contributed by atoms with Crippen LogP contribution in [-0.2, 0) is 26.0 Å². The van der Waals surface area contributed by atoms with Crippen LogP contribution in [-0.4, -0.2) is 50.2 Å². The van der Waals surface area contributed by atoms with Crippen LogP contribution < -0.4 is 10.2 Å². The van der Waals surface area contributed by atoms with Crippen LogP contribution >= 0.6 is 0 Å². The molecule has 0 aliphatic carbocycles. The molecule has 2 amide bonds. The lowest BCUT2D eigenvalue weighted by atomic mass is 10.1. The molecule has 0 aromatic heterocycles. The van der Waals surface area contributed by atoms with E-state index in [4.69, 9.17) is 0 Å². The van der Waals surface area contributed by atoms with Crippen molar-refractivity contribution in [1.82, 2.24) is 9.62 Å². The number of carbonyl (C=O) groups excluding carboxylic acids is 2. The van der Waals surface area contributed by atoms with Gasteiger partial charge in [0.25, 0.3) is 0 Å². The Labute approximate surface area is 154 Å². The Morgan fingerprint density at radius 1 is 1.23 bits per heavy atom. The van der Waals surface area contributed by atoms with Gasteiger partial charge in [-0.15, -0.1) is 0 Å². The van der Waals surface area contributed by atoms with Crippen LogP contribution in [0.25, 0.3) is 0 Å². The summed E-state index contributed by atoms with van der Waals surface area (Å²) in [5.74, 6) is -0.433. The van der Waals surface area contributed by atoms with Gasteiger partial charge in [-0.25, -0.2) is 8.42 Å². The number of rotatable bonds is 5. The first-order valence-corrected chi connectivity index (χ1v) is 10.5. The fourth-order valence-corrected chi connectivity index (χ4v) is 5.20. The van der Waals surface area contributed by atoms with Crippen LogP contribution in [0.4, 0.5) is 5.69 Å². The summed E-state index contributed by atoms with van der Waals surface area (Å²) < 4.78 is 27.0. The molecule has 3 rings (SSSR count). The lowest BCUT2D eigenvalue weighted by Crippen LogP contribution is -2.47. The van der Waals surface area contributed by atoms with Gasteiger partial charge in [0.15, 0.2) is 0 Å². The number of fused-ring (bicyclic) bond motifs is 1. The summed E-state index contributed by atoms with van der Waals surface area (Å²) in [4.78, 5) is 26.3. The molecular formula is C18H25N3O4S. The molecule has 2 aliphatic rings. The highest BCUT2D eigenvalue weighted by molar-refractivity contribution is 7.89. The van der Waals surface area contributed by atoms with Gasteiger partial charge in [0.05, 0.1) is 4.90 Å². The Balaban J connectivity index is 1.91. The van der Waals surface area contributed by atoms with Gasteiger partial charge in [0.1, 0.15) is 6.04 Å². The number of hydrogen-bond acceptors (Lipinski definition) is 4. The maximum atomic E-state index is 12.8. The normalized spacial score (nSPS) is 20.2. The molecular weight excluding hydrogens is 354 g/mol. The molecule has 7 nitrogen and oxygen atoms in total. The summed E-state index contributed by atoms with van der Waals surface area (Å²) >= 11 is 0. The largest absolute Gasteiger partial charge is 0.354 e. The topological polar surface area (TPSA) is 86.8 Å². The molecule has 2 heterocycles. The highest BCUT2D eigenvalue weighted by atomic mass is 32.2. The fourth-order valence-electron chi connectivity index (χ4n) is 3.63. The van der Waals surface area contributed by atoms with Crippen molar-refractivity contribution in [3.8, 4) is 0 Å². The van der Waals surface area contributed by atoms with E-state index in [-0.39, 0.29) is 16.7 Å². The monoisotopic (exact) mass is 379 g/mol. The second-order valence-electron chi connectivity index (χ2n) is 6.80. The number of sulfonamides is 1. The summed E-state index contributed by atoms with van der Waals surface area (Å²) in [6.45, 7) is 5.01. The third-order valence-corrected chi connectivity index (χ3v) is 6.82. The van der Waals surface area contributed by atoms with Crippen LogP contribution in [0.3, 0.4) is 0 Å². The van der Waals surface area contributed by atoms with E-state index in [9.17, 15) is 18.0 Å². The summed E-state index contributed by atoms with van der Waals surface area (Å²) in [6, 6.07) is 4.17. The van der Waals surface area contributed by atoms with Gasteiger partial charge in [0, 0.05) is 38.7 Å². The quantitative estimate of drug-likeness (QED) is 0.835. The lowest BCUT2D eigenvalue weighted by molar-refractivity contribution is -0.125. The number of anilines is 1. The zero-order valence-electron chi connectivity index (χ0n) is 15.2. The van der Waals surface area contributed by atoms with Crippen LogP contribution in [0.2, 0.25) is 0 Å². The molecule has 1 atom stereocenters. The molecule has 1 aromatic carbocycles. The minimum atomic E-state index is -3.52. The Bertz CT molecular complexity index is 816. The second-order valence-corrected chi connectivity index (χ2v) is 8.74. The van der Waals surface area contributed by atoms with Gasteiger partial charge in [-0.05, 0) is 43.0 Å². The molecule has 0 bridgehead atoms. The zero-order valence-corrected chi connectivity index (χ0v) is 16.0. The van der Waals surface area contributed by atoms with Gasteiger partial charge in [0.2, 0.25) is 21.8 Å². The molecule has 142 valence electrons. The number of nitrogens with zero attached hydrogens (tertiary/aromatic N) is 2. The number of benzene rings is 1. The Morgan fingerprint density at radius 2 is 1.92 bits per heavy atom. The molecule has 0 radical (unpaired) electrons. The highest BCUT2D eigenvalue weighted by Crippen LogP contribution is 2.35. The van der Waals surface area contributed by atoms with Gasteiger partial charge >= 0.3 is 0 Å². The lowest BCUT2D eigenvalue weighted by Gasteiger charge is -2.23. The van der Waals surface area contributed by atoms with E-state index >= 15 is 0 Å². The molecule has 0 unspecified atom stereocenters. The first-order chi connectivity index (χ1) is 12.4. The minimum Gasteiger partial charge on any atom is -0.354 e. The van der Waals surface area contributed by atoms with Crippen LogP contribution in [0.1, 0.15) is 38.7 Å². The first-order valence-electron chi connectivity index (χ1n) is 9.07. The van der Waals surface area contributed by atoms with E-state index in [1.807, 2.05) is 6.92 Å². The third kappa shape index (κ3) is 3.35. The molecule has 26 heavy (non-hydrogen) atoms. The summed E-state index contributed by atoms with van der Waals surface area (Å²) in [5, 5.41) is 2.82. The van der Waals surface area contributed by atoms with Crippen molar-refractivity contribution >= 4 is 27.5 Å². The summed E-state index contributed by atoms with van der Waals surface area (Å²) in [7, 11) is -3.52. The zero-order chi connectivity index (χ0) is 18.9. The molecule has 0 spiro atoms. The minimum absolute atomic E-state index is 0.206. The van der Waals surface area contributed by atoms with E-state index in [1.165, 1.54) is 22.2 Å². The predicted molar refractivity (Wildman–Crippen MR) is 98.4 cm³/mol. The SMILES string of the molecule is CCCNC(=O)[C@H]1Cc2cc(S(=O)(=O)N3CCCC3)ccc2N1C(C)=O. The molecule has 1 aromatic rings. The summed E-state index contributed by atoms with van der Waals surface area (Å²) in [5.41, 5.74) is 1.34. The number of carbonyl (C=O) groups is 2. The summed E-state index contributed by atoms with van der Waals surface area (Å²) in [6.07, 6.45) is 2.89. The van der Waals surface area contributed by atoms with E-state index in [2.05, 4.69) is 5.32 Å². The van der Waals surface area contributed by atoms with Crippen molar-refractivity contribution in [2.24, 2.45) is 0 Å². The van der Waals surface area contributed by atoms with Crippen molar-refractivity contribution in [1.29, 1.82) is 0 Å². The van der Waals surface area contributed by atoms with Crippen molar-refractivity contribution < 1.29 is 18.0 Å². The molecule has 1 fully saturated rings. The number of nitrogens with one attached hydrogen (secondary N) is 1. The van der Waals surface area contributed by atoms with Crippen LogP contribution in [0.15, 0.2) is 23.1 Å². The van der Waals surface area contributed by atoms with E-state index in [1.54, 1.807) is 12.1 Å². The predicted octanol–water partition coefficient (Wildman–Crippen LogP) is 1.27. The Morgan fingerprint density at radius 3 is 2.54 bits per heavy atom. The number of amides is 2. The average molecular weight is 379 g/mol. The highest BCUT2D eigenvalue weighted by Gasteiger charge is 2.38. The van der Waals surface area contributed by atoms with Gasteiger partial charge in [-0.3, -0.25) is 14.5 Å². The van der Waals surface area contributed by atoms with E-state index in [0.717, 1.165) is 24.8 Å². The molecule has 1 N–H and O–H groups in total. The first kappa shape index (κ1) is 18.8. The average Bonchev–Trinajstić information content (AvgIpc) is 3.26. The Kier molecular flexibility index (Phi) is 5.34. The van der Waals surface area contributed by atoms with E-state index in [0.29, 0.717) is 31.7 Å². The van der Waals surface area contributed by atoms with Crippen LogP contribution in [0.5, 0.6) is 0 Å². The molecule has 0 saturated carbocycles. The van der Waals surface area contributed by atoms with Crippen molar-refractivity contribution in [2.75, 3.05) is 24.5 Å². The maximum Gasteiger partial charge on any atom is 0.243 e. The Hall–Kier alpha value is -1.93. The van der Waals surface area contributed by atoms with Gasteiger partial charge < -0.3 is 5.32 Å². The van der Waals surface area contributed by atoms with E-state index < -0.39 is 16.1 Å².